The van der Waals surface area contributed by atoms with Gasteiger partial charge in [-0.25, -0.2) is 23.9 Å². The number of hydrogen-bond acceptors (Lipinski definition) is 8. The highest BCUT2D eigenvalue weighted by atomic mass is 32.1. The molecule has 11 heteroatoms. The molecule has 0 fully saturated rings. The van der Waals surface area contributed by atoms with Gasteiger partial charge in [-0.05, 0) is 52.0 Å². The van der Waals surface area contributed by atoms with Gasteiger partial charge in [0.25, 0.3) is 0 Å². The predicted octanol–water partition coefficient (Wildman–Crippen LogP) is 4.16. The Hall–Kier alpha value is -2.92. The van der Waals surface area contributed by atoms with Crippen LogP contribution < -0.4 is 14.9 Å². The van der Waals surface area contributed by atoms with Crippen molar-refractivity contribution in [2.75, 3.05) is 10.8 Å². The van der Waals surface area contributed by atoms with Gasteiger partial charge in [-0.3, -0.25) is 4.98 Å². The van der Waals surface area contributed by atoms with Crippen LogP contribution in [0.3, 0.4) is 0 Å². The van der Waals surface area contributed by atoms with Crippen LogP contribution in [0.1, 0.15) is 32.6 Å². The number of nitrogens with one attached hydrogen (secondary N) is 2. The number of nitrogens with zero attached hydrogens (tertiary/aromatic N) is 4. The maximum Gasteiger partial charge on any atom is 0.407 e. The fraction of sp³-hybridized carbons (Fsp3) is 0.350. The van der Waals surface area contributed by atoms with E-state index in [1.54, 1.807) is 18.3 Å². The van der Waals surface area contributed by atoms with E-state index in [0.29, 0.717) is 35.8 Å². The van der Waals surface area contributed by atoms with Crippen molar-refractivity contribution in [3.63, 3.8) is 0 Å². The zero-order valence-corrected chi connectivity index (χ0v) is 19.4. The summed E-state index contributed by atoms with van der Waals surface area (Å²) in [7, 11) is 0. The van der Waals surface area contributed by atoms with Gasteiger partial charge in [-0.2, -0.15) is 0 Å². The number of anilines is 1. The highest BCUT2D eigenvalue weighted by molar-refractivity contribution is 7.82. The van der Waals surface area contributed by atoms with E-state index in [1.807, 2.05) is 39.8 Å². The normalized spacial score (nSPS) is 11.3. The average molecular weight is 461 g/mol. The number of amides is 3. The summed E-state index contributed by atoms with van der Waals surface area (Å²) in [5.74, 6) is 0.349. The van der Waals surface area contributed by atoms with E-state index < -0.39 is 11.7 Å². The number of carbonyl (C=O) groups is 2. The first-order valence-electron chi connectivity index (χ1n) is 9.63. The summed E-state index contributed by atoms with van der Waals surface area (Å²) in [4.78, 5) is 39.1. The van der Waals surface area contributed by atoms with Gasteiger partial charge in [-0.1, -0.05) is 12.8 Å². The molecule has 164 valence electrons. The standard InChI is InChI=1S/C20H24N6O3S2/c1-5-21-18(27)26(30)16-9-7-13-17(25-16)24-14(11-22-13)15-8-6-12(31-15)10-23-19(28)29-20(2,3)4/h6-9,11,30H,5,10H2,1-4H3,(H,21,27)(H,23,28). The van der Waals surface area contributed by atoms with Gasteiger partial charge in [0, 0.05) is 11.4 Å². The molecule has 0 saturated carbocycles. The van der Waals surface area contributed by atoms with Crippen LogP contribution in [0.4, 0.5) is 15.4 Å². The molecular weight excluding hydrogens is 436 g/mol. The molecular formula is C20H24N6O3S2. The summed E-state index contributed by atoms with van der Waals surface area (Å²) in [6.45, 7) is 8.11. The zero-order chi connectivity index (χ0) is 22.6. The van der Waals surface area contributed by atoms with Gasteiger partial charge in [0.2, 0.25) is 0 Å². The fourth-order valence-electron chi connectivity index (χ4n) is 2.54. The summed E-state index contributed by atoms with van der Waals surface area (Å²) >= 11 is 5.69. The third kappa shape index (κ3) is 6.05. The SMILES string of the molecule is CCNC(=O)N(S)c1ccc2ncc(-c3ccc(CNC(=O)OC(C)(C)C)s3)nc2n1. The summed E-state index contributed by atoms with van der Waals surface area (Å²) in [5.41, 5.74) is 1.11. The summed E-state index contributed by atoms with van der Waals surface area (Å²) in [6.07, 6.45) is 1.20. The van der Waals surface area contributed by atoms with Crippen molar-refractivity contribution >= 4 is 53.3 Å². The molecule has 0 atom stereocenters. The van der Waals surface area contributed by atoms with Crippen molar-refractivity contribution in [3.8, 4) is 10.6 Å². The smallest absolute Gasteiger partial charge is 0.407 e. The van der Waals surface area contributed by atoms with Crippen LogP contribution in [-0.2, 0) is 11.3 Å². The molecule has 31 heavy (non-hydrogen) atoms. The minimum absolute atomic E-state index is 0.349. The molecule has 3 amide bonds. The molecule has 0 spiro atoms. The maximum atomic E-state index is 12.0. The fourth-order valence-corrected chi connectivity index (χ4v) is 3.62. The largest absolute Gasteiger partial charge is 0.444 e. The molecule has 3 aromatic rings. The van der Waals surface area contributed by atoms with E-state index in [2.05, 4.69) is 38.4 Å². The number of ether oxygens (including phenoxy) is 1. The molecule has 3 rings (SSSR count). The van der Waals surface area contributed by atoms with E-state index in [1.165, 1.54) is 11.3 Å². The summed E-state index contributed by atoms with van der Waals surface area (Å²) < 4.78 is 6.37. The first-order valence-corrected chi connectivity index (χ1v) is 10.8. The molecule has 9 nitrogen and oxygen atoms in total. The molecule has 0 aliphatic heterocycles. The van der Waals surface area contributed by atoms with Gasteiger partial charge >= 0.3 is 12.1 Å². The highest BCUT2D eigenvalue weighted by Gasteiger charge is 2.17. The lowest BCUT2D eigenvalue weighted by Crippen LogP contribution is -2.34. The molecule has 0 bridgehead atoms. The van der Waals surface area contributed by atoms with Crippen LogP contribution in [0, 0.1) is 0 Å². The summed E-state index contributed by atoms with van der Waals surface area (Å²) in [6, 6.07) is 6.85. The van der Waals surface area contributed by atoms with E-state index in [-0.39, 0.29) is 6.03 Å². The Labute approximate surface area is 189 Å². The quantitative estimate of drug-likeness (QED) is 0.493. The number of fused-ring (bicyclic) bond motifs is 1. The van der Waals surface area contributed by atoms with E-state index >= 15 is 0 Å². The predicted molar refractivity (Wildman–Crippen MR) is 124 cm³/mol. The van der Waals surface area contributed by atoms with Crippen LogP contribution in [0.25, 0.3) is 21.7 Å². The van der Waals surface area contributed by atoms with E-state index in [4.69, 9.17) is 4.74 Å². The number of thiol groups is 1. The average Bonchev–Trinajstić information content (AvgIpc) is 3.19. The van der Waals surface area contributed by atoms with Crippen LogP contribution in [0.15, 0.2) is 30.5 Å². The number of urea groups is 1. The monoisotopic (exact) mass is 460 g/mol. The Kier molecular flexibility index (Phi) is 6.96. The molecule has 2 N–H and O–H groups in total. The van der Waals surface area contributed by atoms with Gasteiger partial charge in [0.05, 0.1) is 17.6 Å². The van der Waals surface area contributed by atoms with Gasteiger partial charge in [0.15, 0.2) is 5.65 Å². The van der Waals surface area contributed by atoms with Crippen molar-refractivity contribution in [2.24, 2.45) is 0 Å². The van der Waals surface area contributed by atoms with Crippen LogP contribution >= 0.6 is 24.2 Å². The Bertz CT molecular complexity index is 1100. The van der Waals surface area contributed by atoms with Crippen LogP contribution in [0.2, 0.25) is 0 Å². The maximum absolute atomic E-state index is 12.0. The number of carbonyl (C=O) groups excluding carboxylic acids is 2. The Balaban J connectivity index is 1.75. The topological polar surface area (TPSA) is 109 Å². The molecule has 0 aliphatic carbocycles. The molecule has 0 aromatic carbocycles. The molecule has 0 aliphatic rings. The second-order valence-corrected chi connectivity index (χ2v) is 9.10. The van der Waals surface area contributed by atoms with Crippen molar-refractivity contribution in [2.45, 2.75) is 39.8 Å². The van der Waals surface area contributed by atoms with Crippen molar-refractivity contribution < 1.29 is 14.3 Å². The van der Waals surface area contributed by atoms with Crippen molar-refractivity contribution in [3.05, 3.63) is 35.3 Å². The van der Waals surface area contributed by atoms with Crippen molar-refractivity contribution in [1.29, 1.82) is 0 Å². The number of aromatic nitrogens is 3. The molecule has 3 heterocycles. The lowest BCUT2D eigenvalue weighted by Gasteiger charge is -2.19. The number of pyridine rings is 1. The lowest BCUT2D eigenvalue weighted by molar-refractivity contribution is 0.0524. The number of alkyl carbamates (subject to hydrolysis) is 1. The second kappa shape index (κ2) is 9.48. The van der Waals surface area contributed by atoms with Gasteiger partial charge in [0.1, 0.15) is 22.6 Å². The zero-order valence-electron chi connectivity index (χ0n) is 17.7. The number of rotatable bonds is 5. The van der Waals surface area contributed by atoms with Crippen LogP contribution in [0.5, 0.6) is 0 Å². The molecule has 0 unspecified atom stereocenters. The Morgan fingerprint density at radius 3 is 2.65 bits per heavy atom. The Morgan fingerprint density at radius 1 is 1.16 bits per heavy atom. The highest BCUT2D eigenvalue weighted by Crippen LogP contribution is 2.28. The van der Waals surface area contributed by atoms with Gasteiger partial charge < -0.3 is 15.4 Å². The molecule has 0 radical (unpaired) electrons. The number of hydrogen-bond donors (Lipinski definition) is 3. The molecule has 0 saturated heterocycles. The second-order valence-electron chi connectivity index (χ2n) is 7.54. The first kappa shape index (κ1) is 22.8. The van der Waals surface area contributed by atoms with E-state index in [0.717, 1.165) is 14.1 Å². The van der Waals surface area contributed by atoms with Crippen LogP contribution in [-0.4, -0.2) is 39.2 Å². The number of thiophene rings is 1. The van der Waals surface area contributed by atoms with Crippen molar-refractivity contribution in [1.82, 2.24) is 25.6 Å². The van der Waals surface area contributed by atoms with E-state index in [9.17, 15) is 9.59 Å². The molecule has 3 aromatic heterocycles. The Morgan fingerprint density at radius 2 is 1.94 bits per heavy atom. The minimum Gasteiger partial charge on any atom is -0.444 e. The first-order chi connectivity index (χ1) is 14.7. The summed E-state index contributed by atoms with van der Waals surface area (Å²) in [5, 5.41) is 5.40. The minimum atomic E-state index is -0.545. The third-order valence-corrected chi connectivity index (χ3v) is 5.34. The lowest BCUT2D eigenvalue weighted by atomic mass is 10.2. The van der Waals surface area contributed by atoms with Gasteiger partial charge in [-0.15, -0.1) is 11.3 Å². The third-order valence-electron chi connectivity index (χ3n) is 3.85.